The fourth-order valence-electron chi connectivity index (χ4n) is 4.32. The van der Waals surface area contributed by atoms with Crippen LogP contribution in [0.5, 0.6) is 5.88 Å². The van der Waals surface area contributed by atoms with Gasteiger partial charge in [-0.1, -0.05) is 26.0 Å². The molecule has 34 heavy (non-hydrogen) atoms. The van der Waals surface area contributed by atoms with Crippen molar-refractivity contribution in [3.05, 3.63) is 65.7 Å². The number of morpholine rings is 1. The van der Waals surface area contributed by atoms with E-state index in [-0.39, 0.29) is 5.91 Å². The Hall–Kier alpha value is -3.10. The third-order valence-electron chi connectivity index (χ3n) is 5.84. The van der Waals surface area contributed by atoms with E-state index in [1.807, 2.05) is 29.2 Å². The molecule has 0 spiro atoms. The maximum Gasteiger partial charge on any atom is 0.253 e. The first-order valence-electron chi connectivity index (χ1n) is 11.6. The van der Waals surface area contributed by atoms with E-state index >= 15 is 0 Å². The van der Waals surface area contributed by atoms with Crippen molar-refractivity contribution in [3.63, 3.8) is 0 Å². The van der Waals surface area contributed by atoms with Crippen molar-refractivity contribution in [1.29, 1.82) is 0 Å². The van der Waals surface area contributed by atoms with Crippen molar-refractivity contribution in [2.75, 3.05) is 33.4 Å². The summed E-state index contributed by atoms with van der Waals surface area (Å²) in [7, 11) is 1.52. The number of methoxy groups -OCH3 is 1. The molecule has 1 fully saturated rings. The third-order valence-corrected chi connectivity index (χ3v) is 5.84. The number of pyridine rings is 2. The predicted octanol–water partition coefficient (Wildman–Crippen LogP) is 3.66. The van der Waals surface area contributed by atoms with E-state index in [1.54, 1.807) is 6.20 Å². The second-order valence-corrected chi connectivity index (χ2v) is 9.06. The van der Waals surface area contributed by atoms with Crippen LogP contribution in [0.15, 0.2) is 48.8 Å². The molecule has 1 aromatic carbocycles. The molecule has 4 rings (SSSR count). The second kappa shape index (κ2) is 10.9. The summed E-state index contributed by atoms with van der Waals surface area (Å²) in [4.78, 5) is 25.9. The van der Waals surface area contributed by atoms with E-state index in [0.717, 1.165) is 22.7 Å². The van der Waals surface area contributed by atoms with Gasteiger partial charge in [-0.2, -0.15) is 0 Å². The lowest BCUT2D eigenvalue weighted by atomic mass is 10.1. The first kappa shape index (κ1) is 24.0. The number of carbonyl (C=O) groups excluding carboxylic acids is 1. The highest BCUT2D eigenvalue weighted by Gasteiger charge is 2.31. The number of benzene rings is 1. The Kier molecular flexibility index (Phi) is 7.70. The predicted molar refractivity (Wildman–Crippen MR) is 128 cm³/mol. The highest BCUT2D eigenvalue weighted by atomic mass is 19.1. The van der Waals surface area contributed by atoms with Gasteiger partial charge >= 0.3 is 0 Å². The van der Waals surface area contributed by atoms with Crippen LogP contribution in [0.3, 0.4) is 0 Å². The van der Waals surface area contributed by atoms with Crippen molar-refractivity contribution >= 4 is 16.8 Å². The summed E-state index contributed by atoms with van der Waals surface area (Å²) >= 11 is 0. The maximum atomic E-state index is 13.7. The SMILES string of the molecule is COc1ncc(F)cc1CN1CCOC(C(=O)N(Cc2ccc3ncccc3c2)CC(C)C)C1. The van der Waals surface area contributed by atoms with Crippen LogP contribution in [0.4, 0.5) is 4.39 Å². The minimum absolute atomic E-state index is 0.0333. The number of fused-ring (bicyclic) bond motifs is 1. The summed E-state index contributed by atoms with van der Waals surface area (Å²) in [5.41, 5.74) is 2.64. The van der Waals surface area contributed by atoms with Crippen LogP contribution < -0.4 is 4.74 Å². The van der Waals surface area contributed by atoms with Gasteiger partial charge in [-0.15, -0.1) is 0 Å². The minimum atomic E-state index is -0.581. The largest absolute Gasteiger partial charge is 0.481 e. The van der Waals surface area contributed by atoms with Crippen LogP contribution in [-0.2, 0) is 22.6 Å². The van der Waals surface area contributed by atoms with Gasteiger partial charge in [-0.3, -0.25) is 14.7 Å². The number of amides is 1. The Bertz CT molecular complexity index is 1140. The van der Waals surface area contributed by atoms with E-state index in [9.17, 15) is 9.18 Å². The number of rotatable bonds is 8. The molecular formula is C26H31FN4O3. The fraction of sp³-hybridized carbons (Fsp3) is 0.423. The van der Waals surface area contributed by atoms with Gasteiger partial charge in [0, 0.05) is 49.9 Å². The first-order valence-corrected chi connectivity index (χ1v) is 11.6. The maximum absolute atomic E-state index is 13.7. The first-order chi connectivity index (χ1) is 16.4. The second-order valence-electron chi connectivity index (χ2n) is 9.06. The quantitative estimate of drug-likeness (QED) is 0.505. The van der Waals surface area contributed by atoms with Crippen molar-refractivity contribution in [1.82, 2.24) is 19.8 Å². The smallest absolute Gasteiger partial charge is 0.253 e. The molecule has 180 valence electrons. The number of nitrogens with zero attached hydrogens (tertiary/aromatic N) is 4. The molecule has 1 amide bonds. The highest BCUT2D eigenvalue weighted by Crippen LogP contribution is 2.21. The summed E-state index contributed by atoms with van der Waals surface area (Å²) in [5, 5.41) is 1.05. The van der Waals surface area contributed by atoms with Gasteiger partial charge in [0.25, 0.3) is 5.91 Å². The number of carbonyl (C=O) groups is 1. The Morgan fingerprint density at radius 3 is 2.94 bits per heavy atom. The summed E-state index contributed by atoms with van der Waals surface area (Å²) in [6.45, 7) is 7.26. The monoisotopic (exact) mass is 466 g/mol. The molecule has 0 bridgehead atoms. The number of hydrogen-bond acceptors (Lipinski definition) is 6. The molecule has 1 atom stereocenters. The fourth-order valence-corrected chi connectivity index (χ4v) is 4.32. The lowest BCUT2D eigenvalue weighted by Gasteiger charge is -2.35. The van der Waals surface area contributed by atoms with Crippen molar-refractivity contribution < 1.29 is 18.7 Å². The molecule has 0 saturated carbocycles. The molecule has 1 unspecified atom stereocenters. The Morgan fingerprint density at radius 2 is 2.15 bits per heavy atom. The van der Waals surface area contributed by atoms with Gasteiger partial charge in [0.1, 0.15) is 11.9 Å². The lowest BCUT2D eigenvalue weighted by molar-refractivity contribution is -0.151. The molecule has 2 aromatic heterocycles. The van der Waals surface area contributed by atoms with Crippen LogP contribution in [0.25, 0.3) is 10.9 Å². The zero-order valence-corrected chi connectivity index (χ0v) is 19.9. The van der Waals surface area contributed by atoms with Crippen molar-refractivity contribution in [3.8, 4) is 5.88 Å². The highest BCUT2D eigenvalue weighted by molar-refractivity contribution is 5.82. The number of aromatic nitrogens is 2. The minimum Gasteiger partial charge on any atom is -0.481 e. The lowest BCUT2D eigenvalue weighted by Crippen LogP contribution is -2.51. The molecule has 0 radical (unpaired) electrons. The van der Waals surface area contributed by atoms with Gasteiger partial charge in [-0.25, -0.2) is 9.37 Å². The zero-order valence-electron chi connectivity index (χ0n) is 19.9. The Morgan fingerprint density at radius 1 is 1.29 bits per heavy atom. The molecule has 8 heteroatoms. The molecule has 1 saturated heterocycles. The average molecular weight is 467 g/mol. The summed E-state index contributed by atoms with van der Waals surface area (Å²) in [6, 6.07) is 11.5. The van der Waals surface area contributed by atoms with Gasteiger partial charge in [0.05, 0.1) is 25.4 Å². The summed E-state index contributed by atoms with van der Waals surface area (Å²) in [5.74, 6) is 0.260. The van der Waals surface area contributed by atoms with Crippen LogP contribution in [0, 0.1) is 11.7 Å². The Balaban J connectivity index is 1.47. The van der Waals surface area contributed by atoms with Gasteiger partial charge in [-0.05, 0) is 35.7 Å². The van der Waals surface area contributed by atoms with Gasteiger partial charge in [0.2, 0.25) is 5.88 Å². The number of hydrogen-bond donors (Lipinski definition) is 0. The standard InChI is InChI=1S/C26H31FN4O3/c1-18(2)14-31(15-19-6-7-23-20(11-19)5-4-8-28-23)26(32)24-17-30(9-10-34-24)16-21-12-22(27)13-29-25(21)33-3/h4-8,11-13,18,24H,9-10,14-17H2,1-3H3. The average Bonchev–Trinajstić information content (AvgIpc) is 2.83. The molecule has 7 nitrogen and oxygen atoms in total. The molecule has 0 aliphatic carbocycles. The zero-order chi connectivity index (χ0) is 24.1. The Labute approximate surface area is 199 Å². The number of halogens is 1. The van der Waals surface area contributed by atoms with Crippen LogP contribution in [-0.4, -0.2) is 65.1 Å². The molecule has 3 aromatic rings. The van der Waals surface area contributed by atoms with E-state index in [2.05, 4.69) is 34.8 Å². The van der Waals surface area contributed by atoms with E-state index in [1.165, 1.54) is 13.2 Å². The summed E-state index contributed by atoms with van der Waals surface area (Å²) < 4.78 is 24.9. The molecular weight excluding hydrogens is 435 g/mol. The van der Waals surface area contributed by atoms with Crippen LogP contribution >= 0.6 is 0 Å². The van der Waals surface area contributed by atoms with Gasteiger partial charge in [0.15, 0.2) is 0 Å². The van der Waals surface area contributed by atoms with Crippen molar-refractivity contribution in [2.24, 2.45) is 5.92 Å². The molecule has 1 aliphatic heterocycles. The van der Waals surface area contributed by atoms with Crippen LogP contribution in [0.1, 0.15) is 25.0 Å². The third kappa shape index (κ3) is 5.87. The van der Waals surface area contributed by atoms with Crippen molar-refractivity contribution in [2.45, 2.75) is 33.0 Å². The molecule has 3 heterocycles. The van der Waals surface area contributed by atoms with Crippen LogP contribution in [0.2, 0.25) is 0 Å². The topological polar surface area (TPSA) is 67.8 Å². The number of ether oxygens (including phenoxy) is 2. The molecule has 0 N–H and O–H groups in total. The van der Waals surface area contributed by atoms with E-state index in [0.29, 0.717) is 56.7 Å². The van der Waals surface area contributed by atoms with E-state index in [4.69, 9.17) is 9.47 Å². The van der Waals surface area contributed by atoms with E-state index < -0.39 is 11.9 Å². The molecule has 1 aliphatic rings. The normalized spacial score (nSPS) is 16.7. The summed E-state index contributed by atoms with van der Waals surface area (Å²) in [6.07, 6.45) is 2.33. The van der Waals surface area contributed by atoms with Gasteiger partial charge < -0.3 is 14.4 Å².